The lowest BCUT2D eigenvalue weighted by atomic mass is 9.99. The minimum atomic E-state index is -0.199. The van der Waals surface area contributed by atoms with Crippen LogP contribution in [0.3, 0.4) is 0 Å². The number of nitrogens with zero attached hydrogens (tertiary/aromatic N) is 2. The molecule has 1 atom stereocenters. The zero-order valence-electron chi connectivity index (χ0n) is 14.5. The quantitative estimate of drug-likeness (QED) is 0.777. The molecule has 1 aromatic rings. The summed E-state index contributed by atoms with van der Waals surface area (Å²) in [4.78, 5) is 18.0. The van der Waals surface area contributed by atoms with E-state index in [0.29, 0.717) is 5.92 Å². The van der Waals surface area contributed by atoms with Gasteiger partial charge in [0.25, 0.3) is 5.91 Å². The van der Waals surface area contributed by atoms with Crippen molar-refractivity contribution in [3.05, 3.63) is 29.8 Å². The van der Waals surface area contributed by atoms with Crippen LogP contribution in [0.15, 0.2) is 29.2 Å². The summed E-state index contributed by atoms with van der Waals surface area (Å²) in [7, 11) is 1.90. The average molecular weight is 337 g/mol. The first-order chi connectivity index (χ1) is 10.9. The summed E-state index contributed by atoms with van der Waals surface area (Å²) in [5.74, 6) is 0.602. The minimum Gasteiger partial charge on any atom is -0.390 e. The molecule has 1 aliphatic heterocycles. The van der Waals surface area contributed by atoms with E-state index in [1.807, 2.05) is 42.5 Å². The van der Waals surface area contributed by atoms with Gasteiger partial charge in [-0.15, -0.1) is 11.8 Å². The molecule has 1 aliphatic rings. The molecule has 0 aromatic heterocycles. The number of amides is 1. The number of hydrogen-bond donors (Lipinski definition) is 1. The van der Waals surface area contributed by atoms with Crippen LogP contribution in [0.2, 0.25) is 0 Å². The third-order valence-electron chi connectivity index (χ3n) is 4.36. The predicted molar refractivity (Wildman–Crippen MR) is 96.0 cm³/mol. The molecule has 128 valence electrons. The summed E-state index contributed by atoms with van der Waals surface area (Å²) < 4.78 is 0. The van der Waals surface area contributed by atoms with Gasteiger partial charge in [0.15, 0.2) is 0 Å². The number of β-amino-alcohol motifs (C(OH)–C–C–N with tert-alkyl or cyclic N) is 1. The second-order valence-corrected chi connectivity index (χ2v) is 7.68. The first-order valence-electron chi connectivity index (χ1n) is 8.22. The summed E-state index contributed by atoms with van der Waals surface area (Å²) in [6, 6.07) is 7.98. The highest BCUT2D eigenvalue weighted by Gasteiger charge is 2.30. The van der Waals surface area contributed by atoms with Gasteiger partial charge >= 0.3 is 0 Å². The highest BCUT2D eigenvalue weighted by atomic mass is 32.2. The molecule has 2 rings (SSSR count). The Morgan fingerprint density at radius 2 is 1.96 bits per heavy atom. The first kappa shape index (κ1) is 18.3. The van der Waals surface area contributed by atoms with E-state index in [9.17, 15) is 9.90 Å². The lowest BCUT2D eigenvalue weighted by Gasteiger charge is -2.41. The summed E-state index contributed by atoms with van der Waals surface area (Å²) in [5.41, 5.74) is 0.739. The maximum atomic E-state index is 12.8. The number of carbonyl (C=O) groups excluding carboxylic acids is 1. The van der Waals surface area contributed by atoms with Crippen LogP contribution in [0.5, 0.6) is 0 Å². The largest absolute Gasteiger partial charge is 0.390 e. The van der Waals surface area contributed by atoms with Crippen LogP contribution >= 0.6 is 11.8 Å². The van der Waals surface area contributed by atoms with Crippen LogP contribution in [0.4, 0.5) is 0 Å². The molecule has 5 heteroatoms. The van der Waals surface area contributed by atoms with Crippen LogP contribution in [0, 0.1) is 5.92 Å². The molecule has 1 fully saturated rings. The highest BCUT2D eigenvalue weighted by molar-refractivity contribution is 7.98. The highest BCUT2D eigenvalue weighted by Crippen LogP contribution is 2.20. The van der Waals surface area contributed by atoms with Gasteiger partial charge in [0.05, 0.1) is 6.10 Å². The molecular formula is C18H28N2O2S. The lowest BCUT2D eigenvalue weighted by Crippen LogP contribution is -2.56. The second kappa shape index (κ2) is 8.18. The summed E-state index contributed by atoms with van der Waals surface area (Å²) in [5, 5.41) is 9.46. The van der Waals surface area contributed by atoms with E-state index < -0.39 is 0 Å². The molecule has 1 saturated heterocycles. The van der Waals surface area contributed by atoms with Crippen LogP contribution in [-0.2, 0) is 0 Å². The van der Waals surface area contributed by atoms with E-state index in [-0.39, 0.29) is 18.1 Å². The summed E-state index contributed by atoms with van der Waals surface area (Å²) in [6.07, 6.45) is 2.80. The van der Waals surface area contributed by atoms with Crippen LogP contribution in [-0.4, -0.2) is 65.9 Å². The number of aliphatic hydroxyl groups excluding tert-OH is 1. The Morgan fingerprint density at radius 1 is 1.35 bits per heavy atom. The predicted octanol–water partition coefficient (Wildman–Crippen LogP) is 2.57. The number of aliphatic hydroxyl groups is 1. The van der Waals surface area contributed by atoms with Crippen molar-refractivity contribution < 1.29 is 9.90 Å². The molecule has 0 aliphatic carbocycles. The van der Waals surface area contributed by atoms with Crippen LogP contribution in [0.25, 0.3) is 0 Å². The van der Waals surface area contributed by atoms with Crippen molar-refractivity contribution in [3.63, 3.8) is 0 Å². The van der Waals surface area contributed by atoms with E-state index in [4.69, 9.17) is 0 Å². The Hall–Kier alpha value is -1.04. The van der Waals surface area contributed by atoms with Crippen molar-refractivity contribution in [2.24, 2.45) is 5.92 Å². The fourth-order valence-corrected chi connectivity index (χ4v) is 3.40. The number of hydrogen-bond acceptors (Lipinski definition) is 4. The molecule has 1 heterocycles. The fourth-order valence-electron chi connectivity index (χ4n) is 2.99. The van der Waals surface area contributed by atoms with E-state index in [1.165, 1.54) is 0 Å². The zero-order chi connectivity index (χ0) is 17.0. The topological polar surface area (TPSA) is 43.8 Å². The maximum absolute atomic E-state index is 12.8. The maximum Gasteiger partial charge on any atom is 0.253 e. The van der Waals surface area contributed by atoms with Crippen molar-refractivity contribution in [1.29, 1.82) is 0 Å². The molecule has 4 nitrogen and oxygen atoms in total. The van der Waals surface area contributed by atoms with Crippen molar-refractivity contribution >= 4 is 17.7 Å². The number of benzene rings is 1. The van der Waals surface area contributed by atoms with E-state index >= 15 is 0 Å². The molecule has 23 heavy (non-hydrogen) atoms. The van der Waals surface area contributed by atoms with E-state index in [2.05, 4.69) is 18.7 Å². The minimum absolute atomic E-state index is 0.0735. The average Bonchev–Trinajstić information content (AvgIpc) is 2.51. The third-order valence-corrected chi connectivity index (χ3v) is 5.10. The smallest absolute Gasteiger partial charge is 0.253 e. The van der Waals surface area contributed by atoms with Gasteiger partial charge in [-0.3, -0.25) is 9.69 Å². The molecular weight excluding hydrogens is 308 g/mol. The van der Waals surface area contributed by atoms with E-state index in [1.54, 1.807) is 11.8 Å². The monoisotopic (exact) mass is 336 g/mol. The molecule has 1 N–H and O–H groups in total. The van der Waals surface area contributed by atoms with Gasteiger partial charge in [0.1, 0.15) is 0 Å². The van der Waals surface area contributed by atoms with Gasteiger partial charge in [0, 0.05) is 43.2 Å². The third kappa shape index (κ3) is 4.96. The number of thioether (sulfide) groups is 1. The zero-order valence-corrected chi connectivity index (χ0v) is 15.3. The Bertz CT molecular complexity index is 512. The molecule has 0 spiro atoms. The Kier molecular flexibility index (Phi) is 6.50. The van der Waals surface area contributed by atoms with Crippen molar-refractivity contribution in [2.75, 3.05) is 32.9 Å². The standard InChI is InChI=1S/C18H28N2O2S/c1-13(2)9-15(10-20-11-16(21)12-20)19(3)18(22)14-5-7-17(23-4)8-6-14/h5-8,13,15-16,21H,9-12H2,1-4H3/t15-/m0/s1. The lowest BCUT2D eigenvalue weighted by molar-refractivity contribution is -0.0123. The molecule has 1 amide bonds. The number of likely N-dealkylation sites (tertiary alicyclic amines) is 1. The Balaban J connectivity index is 2.04. The normalized spacial score (nSPS) is 17.1. The van der Waals surface area contributed by atoms with Gasteiger partial charge in [-0.05, 0) is 42.9 Å². The van der Waals surface area contributed by atoms with Gasteiger partial charge in [-0.1, -0.05) is 13.8 Å². The van der Waals surface area contributed by atoms with Crippen molar-refractivity contribution in [1.82, 2.24) is 9.80 Å². The Morgan fingerprint density at radius 3 is 2.43 bits per heavy atom. The van der Waals surface area contributed by atoms with Crippen molar-refractivity contribution in [3.8, 4) is 0 Å². The SMILES string of the molecule is CSc1ccc(C(=O)N(C)[C@@H](CC(C)C)CN2CC(O)C2)cc1. The van der Waals surface area contributed by atoms with Gasteiger partial charge in [-0.2, -0.15) is 0 Å². The van der Waals surface area contributed by atoms with Crippen LogP contribution in [0.1, 0.15) is 30.6 Å². The summed E-state index contributed by atoms with van der Waals surface area (Å²) in [6.45, 7) is 6.64. The van der Waals surface area contributed by atoms with E-state index in [0.717, 1.165) is 36.5 Å². The molecule has 0 radical (unpaired) electrons. The van der Waals surface area contributed by atoms with Gasteiger partial charge in [-0.25, -0.2) is 0 Å². The molecule has 1 aromatic carbocycles. The Labute approximate surface area is 143 Å². The second-order valence-electron chi connectivity index (χ2n) is 6.80. The van der Waals surface area contributed by atoms with Gasteiger partial charge in [0.2, 0.25) is 0 Å². The molecule has 0 saturated carbocycles. The summed E-state index contributed by atoms with van der Waals surface area (Å²) >= 11 is 1.68. The molecule has 0 unspecified atom stereocenters. The number of rotatable bonds is 7. The molecule has 0 bridgehead atoms. The number of carbonyl (C=O) groups is 1. The fraction of sp³-hybridized carbons (Fsp3) is 0.611. The van der Waals surface area contributed by atoms with Crippen LogP contribution < -0.4 is 0 Å². The first-order valence-corrected chi connectivity index (χ1v) is 9.44. The number of likely N-dealkylation sites (N-methyl/N-ethyl adjacent to an activating group) is 1. The van der Waals surface area contributed by atoms with Crippen molar-refractivity contribution in [2.45, 2.75) is 37.3 Å². The van der Waals surface area contributed by atoms with Gasteiger partial charge < -0.3 is 10.0 Å².